The van der Waals surface area contributed by atoms with Crippen LogP contribution in [0, 0.1) is 5.92 Å². The summed E-state index contributed by atoms with van der Waals surface area (Å²) in [4.78, 5) is 12.9. The Morgan fingerprint density at radius 1 is 1.06 bits per heavy atom. The number of piperidine rings is 1. The van der Waals surface area contributed by atoms with E-state index in [0.29, 0.717) is 37.5 Å². The number of carbonyl (C=O) groups excluding carboxylic acids is 1. The zero-order chi connectivity index (χ0) is 22.2. The van der Waals surface area contributed by atoms with Crippen molar-refractivity contribution in [1.82, 2.24) is 9.46 Å². The first-order chi connectivity index (χ1) is 14.6. The van der Waals surface area contributed by atoms with Gasteiger partial charge in [-0.15, -0.1) is 0 Å². The predicted molar refractivity (Wildman–Crippen MR) is 119 cm³/mol. The average molecular weight is 442 g/mol. The molecule has 1 aliphatic rings. The summed E-state index contributed by atoms with van der Waals surface area (Å²) in [6, 6.07) is 14.6. The van der Waals surface area contributed by atoms with E-state index in [9.17, 15) is 13.2 Å². The van der Waals surface area contributed by atoms with Gasteiger partial charge < -0.3 is 9.84 Å². The number of benzene rings is 2. The topological polar surface area (TPSA) is 92.5 Å². The lowest BCUT2D eigenvalue weighted by atomic mass is 9.93. The van der Waals surface area contributed by atoms with Crippen molar-refractivity contribution >= 4 is 32.5 Å². The SMILES string of the molecule is CC(C)(C)c1cc(NC(=O)C2CCN(S(=O)(=O)c3ccc4ccccc4c3)CC2)no1. The number of fused-ring (bicyclic) bond motifs is 1. The Bertz CT molecular complexity index is 1200. The Morgan fingerprint density at radius 2 is 1.74 bits per heavy atom. The Labute approximate surface area is 182 Å². The lowest BCUT2D eigenvalue weighted by molar-refractivity contribution is -0.120. The van der Waals surface area contributed by atoms with Crippen molar-refractivity contribution in [2.24, 2.45) is 5.92 Å². The number of sulfonamides is 1. The molecule has 7 nitrogen and oxygen atoms in total. The van der Waals surface area contributed by atoms with Gasteiger partial charge in [-0.25, -0.2) is 8.42 Å². The third-order valence-electron chi connectivity index (χ3n) is 5.68. The lowest BCUT2D eigenvalue weighted by Crippen LogP contribution is -2.41. The first-order valence-electron chi connectivity index (χ1n) is 10.4. The number of nitrogens with one attached hydrogen (secondary N) is 1. The number of hydrogen-bond acceptors (Lipinski definition) is 5. The Morgan fingerprint density at radius 3 is 2.39 bits per heavy atom. The van der Waals surface area contributed by atoms with Crippen LogP contribution in [0.5, 0.6) is 0 Å². The van der Waals surface area contributed by atoms with E-state index >= 15 is 0 Å². The van der Waals surface area contributed by atoms with Gasteiger partial charge in [0, 0.05) is 30.5 Å². The van der Waals surface area contributed by atoms with Gasteiger partial charge in [0.15, 0.2) is 5.82 Å². The van der Waals surface area contributed by atoms with Crippen LogP contribution in [0.2, 0.25) is 0 Å². The first-order valence-corrected chi connectivity index (χ1v) is 11.9. The second-order valence-corrected chi connectivity index (χ2v) is 10.9. The van der Waals surface area contributed by atoms with Crippen molar-refractivity contribution in [1.29, 1.82) is 0 Å². The van der Waals surface area contributed by atoms with Gasteiger partial charge in [0.1, 0.15) is 5.76 Å². The van der Waals surface area contributed by atoms with Crippen molar-refractivity contribution in [2.45, 2.75) is 43.9 Å². The minimum Gasteiger partial charge on any atom is -0.359 e. The normalized spacial score (nSPS) is 16.5. The van der Waals surface area contributed by atoms with Crippen LogP contribution in [0.4, 0.5) is 5.82 Å². The van der Waals surface area contributed by atoms with Crippen molar-refractivity contribution in [2.75, 3.05) is 18.4 Å². The Hall–Kier alpha value is -2.71. The summed E-state index contributed by atoms with van der Waals surface area (Å²) in [5.74, 6) is 0.662. The molecule has 0 bridgehead atoms. The Balaban J connectivity index is 1.40. The highest BCUT2D eigenvalue weighted by Crippen LogP contribution is 2.28. The molecule has 164 valence electrons. The molecule has 0 radical (unpaired) electrons. The number of aromatic nitrogens is 1. The fourth-order valence-electron chi connectivity index (χ4n) is 3.75. The van der Waals surface area contributed by atoms with Gasteiger partial charge in [0.2, 0.25) is 15.9 Å². The molecule has 0 spiro atoms. The number of amides is 1. The standard InChI is InChI=1S/C23H27N3O4S/c1-23(2,3)20-15-21(25-30-20)24-22(27)17-10-12-26(13-11-17)31(28,29)19-9-8-16-6-4-5-7-18(16)14-19/h4-9,14-15,17H,10-13H2,1-3H3,(H,24,25,27). The number of carbonyl (C=O) groups is 1. The van der Waals surface area contributed by atoms with Gasteiger partial charge in [-0.2, -0.15) is 4.31 Å². The molecule has 0 saturated carbocycles. The molecule has 31 heavy (non-hydrogen) atoms. The van der Waals surface area contributed by atoms with Crippen LogP contribution in [0.1, 0.15) is 39.4 Å². The molecule has 1 N–H and O–H groups in total. The number of rotatable bonds is 4. The van der Waals surface area contributed by atoms with Crippen LogP contribution in [0.15, 0.2) is 57.9 Å². The van der Waals surface area contributed by atoms with E-state index in [1.165, 1.54) is 4.31 Å². The molecule has 8 heteroatoms. The quantitative estimate of drug-likeness (QED) is 0.656. The summed E-state index contributed by atoms with van der Waals surface area (Å²) in [5.41, 5.74) is -0.196. The van der Waals surface area contributed by atoms with Gasteiger partial charge in [0.25, 0.3) is 0 Å². The molecule has 1 saturated heterocycles. The molecule has 0 unspecified atom stereocenters. The minimum atomic E-state index is -3.60. The van der Waals surface area contributed by atoms with Crippen molar-refractivity contribution < 1.29 is 17.7 Å². The molecule has 1 aliphatic heterocycles. The Kier molecular flexibility index (Phi) is 5.61. The fraction of sp³-hybridized carbons (Fsp3) is 0.391. The van der Waals surface area contributed by atoms with E-state index in [-0.39, 0.29) is 22.1 Å². The maximum absolute atomic E-state index is 13.1. The zero-order valence-electron chi connectivity index (χ0n) is 18.0. The van der Waals surface area contributed by atoms with E-state index in [1.807, 2.05) is 51.1 Å². The smallest absolute Gasteiger partial charge is 0.243 e. The third-order valence-corrected chi connectivity index (χ3v) is 7.58. The lowest BCUT2D eigenvalue weighted by Gasteiger charge is -2.30. The summed E-state index contributed by atoms with van der Waals surface area (Å²) in [6.45, 7) is 6.62. The molecule has 1 aromatic heterocycles. The van der Waals surface area contributed by atoms with E-state index in [2.05, 4.69) is 10.5 Å². The van der Waals surface area contributed by atoms with E-state index in [1.54, 1.807) is 18.2 Å². The molecular formula is C23H27N3O4S. The molecule has 2 aromatic carbocycles. The maximum atomic E-state index is 13.1. The summed E-state index contributed by atoms with van der Waals surface area (Å²) >= 11 is 0. The zero-order valence-corrected chi connectivity index (χ0v) is 18.8. The van der Waals surface area contributed by atoms with Crippen LogP contribution in [-0.4, -0.2) is 36.9 Å². The van der Waals surface area contributed by atoms with Gasteiger partial charge >= 0.3 is 0 Å². The van der Waals surface area contributed by atoms with Gasteiger partial charge in [-0.05, 0) is 35.7 Å². The summed E-state index contributed by atoms with van der Waals surface area (Å²) in [7, 11) is -3.60. The number of nitrogens with zero attached hydrogens (tertiary/aromatic N) is 2. The van der Waals surface area contributed by atoms with Crippen molar-refractivity contribution in [3.63, 3.8) is 0 Å². The molecule has 4 rings (SSSR count). The van der Waals surface area contributed by atoms with E-state index in [0.717, 1.165) is 10.8 Å². The van der Waals surface area contributed by atoms with Gasteiger partial charge in [-0.1, -0.05) is 56.3 Å². The summed E-state index contributed by atoms with van der Waals surface area (Å²) in [6.07, 6.45) is 0.922. The van der Waals surface area contributed by atoms with Crippen molar-refractivity contribution in [3.8, 4) is 0 Å². The third kappa shape index (κ3) is 4.50. The van der Waals surface area contributed by atoms with Crippen LogP contribution in [-0.2, 0) is 20.2 Å². The van der Waals surface area contributed by atoms with Gasteiger partial charge in [-0.3, -0.25) is 4.79 Å². The highest BCUT2D eigenvalue weighted by molar-refractivity contribution is 7.89. The fourth-order valence-corrected chi connectivity index (χ4v) is 5.26. The number of hydrogen-bond donors (Lipinski definition) is 1. The second kappa shape index (κ2) is 8.09. The van der Waals surface area contributed by atoms with Crippen LogP contribution >= 0.6 is 0 Å². The van der Waals surface area contributed by atoms with Crippen molar-refractivity contribution in [3.05, 3.63) is 54.3 Å². The molecule has 0 aliphatic carbocycles. The molecule has 1 fully saturated rings. The average Bonchev–Trinajstić information content (AvgIpc) is 3.22. The highest BCUT2D eigenvalue weighted by atomic mass is 32.2. The molecule has 2 heterocycles. The second-order valence-electron chi connectivity index (χ2n) is 9.00. The largest absolute Gasteiger partial charge is 0.359 e. The molecule has 1 amide bonds. The minimum absolute atomic E-state index is 0.156. The summed E-state index contributed by atoms with van der Waals surface area (Å²) < 4.78 is 33.0. The highest BCUT2D eigenvalue weighted by Gasteiger charge is 2.32. The van der Waals surface area contributed by atoms with Crippen LogP contribution in [0.3, 0.4) is 0 Å². The van der Waals surface area contributed by atoms with Crippen LogP contribution in [0.25, 0.3) is 10.8 Å². The number of anilines is 1. The van der Waals surface area contributed by atoms with E-state index in [4.69, 9.17) is 4.52 Å². The van der Waals surface area contributed by atoms with Gasteiger partial charge in [0.05, 0.1) is 4.90 Å². The molecular weight excluding hydrogens is 414 g/mol. The monoisotopic (exact) mass is 441 g/mol. The van der Waals surface area contributed by atoms with Crippen LogP contribution < -0.4 is 5.32 Å². The maximum Gasteiger partial charge on any atom is 0.243 e. The van der Waals surface area contributed by atoms with E-state index < -0.39 is 10.0 Å². The summed E-state index contributed by atoms with van der Waals surface area (Å²) in [5, 5.41) is 8.61. The molecule has 0 atom stereocenters. The molecule has 3 aromatic rings. The first kappa shape index (κ1) is 21.5. The predicted octanol–water partition coefficient (Wildman–Crippen LogP) is 4.16.